The highest BCUT2D eigenvalue weighted by Gasteiger charge is 2.40. The number of benzene rings is 1. The summed E-state index contributed by atoms with van der Waals surface area (Å²) in [6.45, 7) is 6.33. The summed E-state index contributed by atoms with van der Waals surface area (Å²) in [6, 6.07) is 4.20. The molecule has 204 valence electrons. The molecule has 2 fully saturated rings. The second kappa shape index (κ2) is 11.4. The van der Waals surface area contributed by atoms with Crippen LogP contribution in [0.25, 0.3) is 11.4 Å². The van der Waals surface area contributed by atoms with Gasteiger partial charge in [0.25, 0.3) is 11.8 Å². The quantitative estimate of drug-likeness (QED) is 0.567. The van der Waals surface area contributed by atoms with Crippen molar-refractivity contribution in [2.75, 3.05) is 26.2 Å². The lowest BCUT2D eigenvalue weighted by atomic mass is 10.0. The zero-order valence-electron chi connectivity index (χ0n) is 21.9. The van der Waals surface area contributed by atoms with E-state index >= 15 is 0 Å². The molecule has 2 N–H and O–H groups in total. The first-order valence-electron chi connectivity index (χ1n) is 12.9. The van der Waals surface area contributed by atoms with Gasteiger partial charge in [0, 0.05) is 49.7 Å². The number of nitrogens with zero attached hydrogens (tertiary/aromatic N) is 4. The van der Waals surface area contributed by atoms with Gasteiger partial charge in [-0.25, -0.2) is 19.2 Å². The molecule has 1 aliphatic heterocycles. The van der Waals surface area contributed by atoms with Gasteiger partial charge in [0.05, 0.1) is 17.7 Å². The Balaban J connectivity index is 1.41. The molecule has 0 radical (unpaired) electrons. The Bertz CT molecular complexity index is 1170. The number of hydrogen-bond acceptors (Lipinski definition) is 7. The summed E-state index contributed by atoms with van der Waals surface area (Å²) in [4.78, 5) is 50.0. The van der Waals surface area contributed by atoms with E-state index in [2.05, 4.69) is 15.3 Å². The number of aromatic nitrogens is 2. The predicted octanol–water partition coefficient (Wildman–Crippen LogP) is 3.01. The van der Waals surface area contributed by atoms with E-state index in [1.165, 1.54) is 30.6 Å². The first-order chi connectivity index (χ1) is 18.1. The number of amides is 3. The van der Waals surface area contributed by atoms with E-state index in [4.69, 9.17) is 9.84 Å². The highest BCUT2D eigenvalue weighted by molar-refractivity contribution is 5.95. The number of carbonyl (C=O) groups excluding carboxylic acids is 3. The van der Waals surface area contributed by atoms with Crippen molar-refractivity contribution >= 4 is 17.9 Å². The van der Waals surface area contributed by atoms with Gasteiger partial charge in [-0.15, -0.1) is 0 Å². The summed E-state index contributed by atoms with van der Waals surface area (Å²) in [6.07, 6.45) is 5.75. The molecule has 1 aromatic heterocycles. The van der Waals surface area contributed by atoms with Gasteiger partial charge >= 0.3 is 6.09 Å². The lowest BCUT2D eigenvalue weighted by Crippen LogP contribution is -2.50. The molecular weight excluding hydrogens is 493 g/mol. The molecule has 0 bridgehead atoms. The lowest BCUT2D eigenvalue weighted by Gasteiger charge is -2.39. The minimum absolute atomic E-state index is 0.00647. The number of likely N-dealkylation sites (tertiary alicyclic amines) is 1. The molecule has 2 aromatic rings. The van der Waals surface area contributed by atoms with Gasteiger partial charge < -0.3 is 25.0 Å². The van der Waals surface area contributed by atoms with E-state index < -0.39 is 17.3 Å². The molecule has 0 unspecified atom stereocenters. The standard InChI is InChI=1S/C27H34FN5O5/c1-27(2,3)38-26(37)32-11-8-20(9-12-32)33(19-5-6-19)25(36)18-15-30-23(31-16-18)17-4-7-21(22(28)14-17)24(35)29-10-13-34/h4,7,14-16,19-20,34H,5-6,8-13H2,1-3H3,(H,29,35). The van der Waals surface area contributed by atoms with E-state index in [0.29, 0.717) is 37.1 Å². The second-order valence-electron chi connectivity index (χ2n) is 10.6. The SMILES string of the molecule is CC(C)(C)OC(=O)N1CCC(N(C(=O)c2cnc(-c3ccc(C(=O)NCCO)c(F)c3)nc2)C2CC2)CC1. The van der Waals surface area contributed by atoms with Gasteiger partial charge in [0.1, 0.15) is 11.4 Å². The van der Waals surface area contributed by atoms with Gasteiger partial charge in [0.2, 0.25) is 0 Å². The second-order valence-corrected chi connectivity index (χ2v) is 10.6. The van der Waals surface area contributed by atoms with E-state index in [-0.39, 0.29) is 48.6 Å². The summed E-state index contributed by atoms with van der Waals surface area (Å²) in [5.41, 5.74) is 0.00929. The van der Waals surface area contributed by atoms with Crippen molar-refractivity contribution < 1.29 is 28.6 Å². The van der Waals surface area contributed by atoms with E-state index in [1.54, 1.807) is 4.90 Å². The topological polar surface area (TPSA) is 125 Å². The zero-order valence-corrected chi connectivity index (χ0v) is 21.9. The fourth-order valence-electron chi connectivity index (χ4n) is 4.48. The molecule has 2 heterocycles. The first kappa shape index (κ1) is 27.4. The number of rotatable bonds is 7. The Labute approximate surface area is 221 Å². The van der Waals surface area contributed by atoms with Gasteiger partial charge in [0.15, 0.2) is 5.82 Å². The molecule has 4 rings (SSSR count). The molecule has 1 saturated carbocycles. The molecule has 3 amide bonds. The third-order valence-corrected chi connectivity index (χ3v) is 6.45. The summed E-state index contributed by atoms with van der Waals surface area (Å²) in [5.74, 6) is -1.29. The highest BCUT2D eigenvalue weighted by atomic mass is 19.1. The van der Waals surface area contributed by atoms with Gasteiger partial charge in [-0.3, -0.25) is 9.59 Å². The number of aliphatic hydroxyl groups is 1. The van der Waals surface area contributed by atoms with Crippen LogP contribution in [0, 0.1) is 5.82 Å². The average Bonchev–Trinajstić information content (AvgIpc) is 3.72. The number of aliphatic hydroxyl groups excluding tert-OH is 1. The van der Waals surface area contributed by atoms with Crippen LogP contribution in [-0.2, 0) is 4.74 Å². The van der Waals surface area contributed by atoms with Crippen LogP contribution in [0.4, 0.5) is 9.18 Å². The van der Waals surface area contributed by atoms with Crippen LogP contribution in [0.3, 0.4) is 0 Å². The fraction of sp³-hybridized carbons (Fsp3) is 0.519. The lowest BCUT2D eigenvalue weighted by molar-refractivity contribution is 0.0142. The van der Waals surface area contributed by atoms with Crippen LogP contribution in [-0.4, -0.2) is 86.7 Å². The number of hydrogen-bond donors (Lipinski definition) is 2. The molecule has 0 atom stereocenters. The van der Waals surface area contributed by atoms with Crippen LogP contribution >= 0.6 is 0 Å². The molecule has 2 aliphatic rings. The number of halogens is 1. The van der Waals surface area contributed by atoms with Crippen molar-refractivity contribution in [3.8, 4) is 11.4 Å². The van der Waals surface area contributed by atoms with Gasteiger partial charge in [-0.05, 0) is 58.6 Å². The summed E-state index contributed by atoms with van der Waals surface area (Å²) < 4.78 is 20.0. The third kappa shape index (κ3) is 6.63. The molecule has 1 saturated heterocycles. The van der Waals surface area contributed by atoms with E-state index in [0.717, 1.165) is 12.8 Å². The minimum Gasteiger partial charge on any atom is -0.444 e. The van der Waals surface area contributed by atoms with Crippen molar-refractivity contribution in [2.45, 2.75) is 64.1 Å². The molecule has 0 spiro atoms. The van der Waals surface area contributed by atoms with Crippen LogP contribution in [0.5, 0.6) is 0 Å². The summed E-state index contributed by atoms with van der Waals surface area (Å²) in [5, 5.41) is 11.2. The third-order valence-electron chi connectivity index (χ3n) is 6.45. The Hall–Kier alpha value is -3.60. The number of carbonyl (C=O) groups is 3. The average molecular weight is 528 g/mol. The van der Waals surface area contributed by atoms with Crippen molar-refractivity contribution in [2.24, 2.45) is 0 Å². The predicted molar refractivity (Wildman–Crippen MR) is 137 cm³/mol. The summed E-state index contributed by atoms with van der Waals surface area (Å²) in [7, 11) is 0. The van der Waals surface area contributed by atoms with Crippen molar-refractivity contribution in [3.05, 3.63) is 47.5 Å². The van der Waals surface area contributed by atoms with E-state index in [1.807, 2.05) is 25.7 Å². The zero-order chi connectivity index (χ0) is 27.4. The van der Waals surface area contributed by atoms with Crippen molar-refractivity contribution in [1.82, 2.24) is 25.1 Å². The van der Waals surface area contributed by atoms with Gasteiger partial charge in [-0.1, -0.05) is 6.07 Å². The van der Waals surface area contributed by atoms with Crippen LogP contribution in [0.2, 0.25) is 0 Å². The maximum atomic E-state index is 14.5. The molecule has 1 aromatic carbocycles. The molecule has 38 heavy (non-hydrogen) atoms. The molecule has 1 aliphatic carbocycles. The summed E-state index contributed by atoms with van der Waals surface area (Å²) >= 11 is 0. The number of ether oxygens (including phenoxy) is 1. The normalized spacial score (nSPS) is 16.2. The molecule has 11 heteroatoms. The fourth-order valence-corrected chi connectivity index (χ4v) is 4.48. The minimum atomic E-state index is -0.737. The maximum absolute atomic E-state index is 14.5. The van der Waals surface area contributed by atoms with Crippen LogP contribution in [0.1, 0.15) is 67.2 Å². The van der Waals surface area contributed by atoms with Gasteiger partial charge in [-0.2, -0.15) is 0 Å². The van der Waals surface area contributed by atoms with Crippen LogP contribution in [0.15, 0.2) is 30.6 Å². The van der Waals surface area contributed by atoms with Crippen molar-refractivity contribution in [1.29, 1.82) is 0 Å². The Morgan fingerprint density at radius 3 is 2.29 bits per heavy atom. The first-order valence-corrected chi connectivity index (χ1v) is 12.9. The largest absolute Gasteiger partial charge is 0.444 e. The number of piperidine rings is 1. The Kier molecular flexibility index (Phi) is 8.25. The molecular formula is C27H34FN5O5. The maximum Gasteiger partial charge on any atom is 0.410 e. The molecule has 10 nitrogen and oxygen atoms in total. The smallest absolute Gasteiger partial charge is 0.410 e. The monoisotopic (exact) mass is 527 g/mol. The van der Waals surface area contributed by atoms with E-state index in [9.17, 15) is 18.8 Å². The Morgan fingerprint density at radius 2 is 1.74 bits per heavy atom. The highest BCUT2D eigenvalue weighted by Crippen LogP contribution is 2.33. The van der Waals surface area contributed by atoms with Crippen molar-refractivity contribution in [3.63, 3.8) is 0 Å². The number of nitrogens with one attached hydrogen (secondary N) is 1. The van der Waals surface area contributed by atoms with Crippen LogP contribution < -0.4 is 5.32 Å². The Morgan fingerprint density at radius 1 is 1.11 bits per heavy atom.